The smallest absolute Gasteiger partial charge is 0.263 e. The maximum Gasteiger partial charge on any atom is 0.263 e. The molecule has 0 radical (unpaired) electrons. The number of hydrogen-bond acceptors (Lipinski definition) is 4. The molecule has 3 aromatic rings. The number of carbonyl (C=O) groups excluding carboxylic acids is 1. The van der Waals surface area contributed by atoms with Crippen LogP contribution in [-0.4, -0.2) is 24.6 Å². The molecule has 0 atom stereocenters. The predicted octanol–water partition coefficient (Wildman–Crippen LogP) is 2.42. The lowest BCUT2D eigenvalue weighted by Gasteiger charge is -2.01. The van der Waals surface area contributed by atoms with E-state index in [9.17, 15) is 17.6 Å². The van der Waals surface area contributed by atoms with Gasteiger partial charge in [0.05, 0.1) is 16.0 Å². The average molecular weight is 378 g/mol. The second kappa shape index (κ2) is 6.89. The van der Waals surface area contributed by atoms with Crippen molar-refractivity contribution in [1.82, 2.24) is 4.57 Å². The molecule has 0 aliphatic rings. The highest BCUT2D eigenvalue weighted by atomic mass is 32.2. The lowest BCUT2D eigenvalue weighted by Crippen LogP contribution is -2.20. The molecule has 0 unspecified atom stereocenters. The van der Waals surface area contributed by atoms with Gasteiger partial charge >= 0.3 is 0 Å². The molecule has 0 N–H and O–H groups in total. The number of aromatic nitrogens is 1. The van der Waals surface area contributed by atoms with Crippen LogP contribution in [0.3, 0.4) is 0 Å². The predicted molar refractivity (Wildman–Crippen MR) is 95.3 cm³/mol. The van der Waals surface area contributed by atoms with Crippen LogP contribution in [0.15, 0.2) is 53.5 Å². The number of carbonyl (C=O) groups is 1. The number of halogens is 1. The molecule has 2 aromatic carbocycles. The summed E-state index contributed by atoms with van der Waals surface area (Å²) < 4.78 is 39.9. The van der Waals surface area contributed by atoms with E-state index in [1.807, 2.05) is 0 Å². The van der Waals surface area contributed by atoms with Crippen molar-refractivity contribution >= 4 is 37.3 Å². The second-order valence-electron chi connectivity index (χ2n) is 5.58. The normalized spacial score (nSPS) is 12.6. The Labute approximate surface area is 148 Å². The fourth-order valence-corrected chi connectivity index (χ4v) is 4.72. The lowest BCUT2D eigenvalue weighted by molar-refractivity contribution is -0.115. The highest BCUT2D eigenvalue weighted by molar-refractivity contribution is 7.91. The van der Waals surface area contributed by atoms with Gasteiger partial charge in [-0.3, -0.25) is 4.79 Å². The minimum Gasteiger partial charge on any atom is -0.319 e. The van der Waals surface area contributed by atoms with E-state index in [-0.39, 0.29) is 11.6 Å². The van der Waals surface area contributed by atoms with E-state index in [2.05, 4.69) is 4.99 Å². The number of amides is 1. The molecule has 0 spiro atoms. The number of benzene rings is 2. The Balaban J connectivity index is 1.84. The highest BCUT2D eigenvalue weighted by Crippen LogP contribution is 2.17. The standard InChI is InChI=1S/C17H15FN2O3S2/c1-20-14-8-7-13(18)9-15(14)24-17(20)19-16(21)11-25(22,23)10-12-5-3-2-4-6-12/h2-9H,10-11H2,1H3. The molecule has 0 saturated carbocycles. The molecular formula is C17H15FN2O3S2. The third-order valence-corrected chi connectivity index (χ3v) is 6.12. The van der Waals surface area contributed by atoms with Crippen molar-refractivity contribution in [2.75, 3.05) is 5.75 Å². The van der Waals surface area contributed by atoms with Gasteiger partial charge in [0.1, 0.15) is 11.6 Å². The number of sulfone groups is 1. The zero-order valence-corrected chi connectivity index (χ0v) is 15.0. The number of rotatable bonds is 4. The zero-order chi connectivity index (χ0) is 18.0. The summed E-state index contributed by atoms with van der Waals surface area (Å²) in [5, 5.41) is 0. The molecule has 5 nitrogen and oxygen atoms in total. The quantitative estimate of drug-likeness (QED) is 0.700. The van der Waals surface area contributed by atoms with Crippen molar-refractivity contribution in [1.29, 1.82) is 0 Å². The molecule has 0 bridgehead atoms. The average Bonchev–Trinajstić information content (AvgIpc) is 2.82. The third kappa shape index (κ3) is 4.21. The molecule has 0 aliphatic carbocycles. The fourth-order valence-electron chi connectivity index (χ4n) is 2.42. The first-order valence-corrected chi connectivity index (χ1v) is 10.0. The zero-order valence-electron chi connectivity index (χ0n) is 13.3. The molecule has 8 heteroatoms. The Morgan fingerprint density at radius 2 is 1.92 bits per heavy atom. The van der Waals surface area contributed by atoms with Crippen molar-refractivity contribution in [3.8, 4) is 0 Å². The Bertz CT molecular complexity index is 1100. The summed E-state index contributed by atoms with van der Waals surface area (Å²) >= 11 is 1.14. The molecular weight excluding hydrogens is 363 g/mol. The first kappa shape index (κ1) is 17.5. The maximum atomic E-state index is 13.3. The molecule has 0 aliphatic heterocycles. The molecule has 1 aromatic heterocycles. The van der Waals surface area contributed by atoms with Crippen LogP contribution < -0.4 is 4.80 Å². The van der Waals surface area contributed by atoms with Crippen LogP contribution in [-0.2, 0) is 27.4 Å². The van der Waals surface area contributed by atoms with E-state index in [4.69, 9.17) is 0 Å². The minimum atomic E-state index is -3.61. The lowest BCUT2D eigenvalue weighted by atomic mass is 10.2. The monoisotopic (exact) mass is 378 g/mol. The maximum absolute atomic E-state index is 13.3. The van der Waals surface area contributed by atoms with Gasteiger partial charge in [0.25, 0.3) is 5.91 Å². The van der Waals surface area contributed by atoms with Crippen LogP contribution in [0.1, 0.15) is 5.56 Å². The van der Waals surface area contributed by atoms with Gasteiger partial charge in [0.15, 0.2) is 14.6 Å². The molecule has 0 saturated heterocycles. The van der Waals surface area contributed by atoms with Crippen LogP contribution in [0.25, 0.3) is 10.2 Å². The number of nitrogens with zero attached hydrogens (tertiary/aromatic N) is 2. The molecule has 130 valence electrons. The first-order chi connectivity index (χ1) is 11.8. The summed E-state index contributed by atoms with van der Waals surface area (Å²) in [4.78, 5) is 16.3. The van der Waals surface area contributed by atoms with Gasteiger partial charge in [-0.1, -0.05) is 41.7 Å². The summed E-state index contributed by atoms with van der Waals surface area (Å²) in [5.41, 5.74) is 1.35. The van der Waals surface area contributed by atoms with Crippen molar-refractivity contribution in [3.63, 3.8) is 0 Å². The number of aryl methyl sites for hydroxylation is 1. The van der Waals surface area contributed by atoms with Gasteiger partial charge in [-0.2, -0.15) is 4.99 Å². The minimum absolute atomic E-state index is 0.209. The summed E-state index contributed by atoms with van der Waals surface area (Å²) in [6.07, 6.45) is 0. The Morgan fingerprint density at radius 1 is 1.20 bits per heavy atom. The van der Waals surface area contributed by atoms with E-state index in [1.54, 1.807) is 48.0 Å². The van der Waals surface area contributed by atoms with Gasteiger partial charge in [-0.25, -0.2) is 12.8 Å². The van der Waals surface area contributed by atoms with E-state index in [0.29, 0.717) is 15.1 Å². The highest BCUT2D eigenvalue weighted by Gasteiger charge is 2.17. The van der Waals surface area contributed by atoms with E-state index in [1.165, 1.54) is 12.1 Å². The molecule has 0 fully saturated rings. The van der Waals surface area contributed by atoms with Crippen molar-refractivity contribution in [3.05, 3.63) is 64.7 Å². The van der Waals surface area contributed by atoms with Gasteiger partial charge in [-0.15, -0.1) is 0 Å². The van der Waals surface area contributed by atoms with E-state index < -0.39 is 21.5 Å². The Kier molecular flexibility index (Phi) is 4.82. The number of thiazole rings is 1. The van der Waals surface area contributed by atoms with Crippen LogP contribution in [0, 0.1) is 5.82 Å². The van der Waals surface area contributed by atoms with Gasteiger partial charge < -0.3 is 4.57 Å². The Hall–Kier alpha value is -2.32. The van der Waals surface area contributed by atoms with E-state index in [0.717, 1.165) is 16.9 Å². The van der Waals surface area contributed by atoms with Crippen molar-refractivity contribution < 1.29 is 17.6 Å². The summed E-state index contributed by atoms with van der Waals surface area (Å²) in [7, 11) is -1.92. The SMILES string of the molecule is Cn1c(=NC(=O)CS(=O)(=O)Cc2ccccc2)sc2cc(F)ccc21. The number of hydrogen-bond donors (Lipinski definition) is 0. The summed E-state index contributed by atoms with van der Waals surface area (Å²) in [6, 6.07) is 12.9. The van der Waals surface area contributed by atoms with Crippen LogP contribution in [0.4, 0.5) is 4.39 Å². The first-order valence-electron chi connectivity index (χ1n) is 7.41. The summed E-state index contributed by atoms with van der Waals surface area (Å²) in [6.45, 7) is 0. The van der Waals surface area contributed by atoms with Gasteiger partial charge in [0, 0.05) is 7.05 Å². The molecule has 1 heterocycles. The van der Waals surface area contributed by atoms with Crippen molar-refractivity contribution in [2.45, 2.75) is 5.75 Å². The second-order valence-corrected chi connectivity index (χ2v) is 8.65. The molecule has 1 amide bonds. The van der Waals surface area contributed by atoms with Gasteiger partial charge in [0.2, 0.25) is 0 Å². The van der Waals surface area contributed by atoms with Crippen LogP contribution >= 0.6 is 11.3 Å². The van der Waals surface area contributed by atoms with Crippen molar-refractivity contribution in [2.24, 2.45) is 12.0 Å². The largest absolute Gasteiger partial charge is 0.319 e. The molecule has 3 rings (SSSR count). The Morgan fingerprint density at radius 3 is 2.64 bits per heavy atom. The third-order valence-electron chi connectivity index (χ3n) is 3.56. The van der Waals surface area contributed by atoms with Crippen LogP contribution in [0.2, 0.25) is 0 Å². The molecule has 25 heavy (non-hydrogen) atoms. The fraction of sp³-hybridized carbons (Fsp3) is 0.176. The van der Waals surface area contributed by atoms with Gasteiger partial charge in [-0.05, 0) is 23.8 Å². The number of fused-ring (bicyclic) bond motifs is 1. The topological polar surface area (TPSA) is 68.5 Å². The van der Waals surface area contributed by atoms with E-state index >= 15 is 0 Å². The van der Waals surface area contributed by atoms with Crippen LogP contribution in [0.5, 0.6) is 0 Å². The summed E-state index contributed by atoms with van der Waals surface area (Å²) in [5.74, 6) is -1.99.